The molecule has 5 heteroatoms. The number of methoxy groups -OCH3 is 1. The Morgan fingerprint density at radius 1 is 1.47 bits per heavy atom. The number of aryl methyl sites for hydroxylation is 1. The highest BCUT2D eigenvalue weighted by molar-refractivity contribution is 6.06. The summed E-state index contributed by atoms with van der Waals surface area (Å²) in [6, 6.07) is 4.05. The number of carbonyl (C=O) groups is 1. The van der Waals surface area contributed by atoms with Crippen molar-refractivity contribution in [3.05, 3.63) is 47.8 Å². The van der Waals surface area contributed by atoms with Crippen molar-refractivity contribution < 1.29 is 13.9 Å². The van der Waals surface area contributed by atoms with Crippen LogP contribution in [0.15, 0.2) is 30.6 Å². The summed E-state index contributed by atoms with van der Waals surface area (Å²) in [5.74, 6) is -0.317. The first kappa shape index (κ1) is 13.3. The third-order valence-electron chi connectivity index (χ3n) is 2.80. The highest BCUT2D eigenvalue weighted by Gasteiger charge is 2.16. The SMILES string of the molecule is CCCn1ccnc1C(=O)c1ccc(F)c(OC)c1. The Labute approximate surface area is 110 Å². The van der Waals surface area contributed by atoms with Crippen molar-refractivity contribution in [2.45, 2.75) is 19.9 Å². The molecule has 2 rings (SSSR count). The average Bonchev–Trinajstić information content (AvgIpc) is 2.87. The van der Waals surface area contributed by atoms with Gasteiger partial charge in [-0.2, -0.15) is 0 Å². The standard InChI is InChI=1S/C14H15FN2O2/c1-3-7-17-8-6-16-14(17)13(18)10-4-5-11(15)12(9-10)19-2/h4-6,8-9H,3,7H2,1-2H3. The number of ether oxygens (including phenoxy) is 1. The molecule has 2 aromatic rings. The van der Waals surface area contributed by atoms with Gasteiger partial charge in [-0.1, -0.05) is 6.92 Å². The molecule has 0 atom stereocenters. The minimum atomic E-state index is -0.490. The maximum Gasteiger partial charge on any atom is 0.228 e. The summed E-state index contributed by atoms with van der Waals surface area (Å²) in [4.78, 5) is 16.4. The Morgan fingerprint density at radius 3 is 2.95 bits per heavy atom. The van der Waals surface area contributed by atoms with Crippen LogP contribution in [0.1, 0.15) is 29.5 Å². The van der Waals surface area contributed by atoms with Crippen LogP contribution in [0.4, 0.5) is 4.39 Å². The Bertz CT molecular complexity index is 593. The molecule has 0 amide bonds. The molecule has 0 unspecified atom stereocenters. The first-order valence-corrected chi connectivity index (χ1v) is 6.06. The second-order valence-corrected chi connectivity index (χ2v) is 4.12. The van der Waals surface area contributed by atoms with Crippen LogP contribution in [0.3, 0.4) is 0 Å². The number of imidazole rings is 1. The zero-order valence-corrected chi connectivity index (χ0v) is 10.9. The predicted molar refractivity (Wildman–Crippen MR) is 68.9 cm³/mol. The molecular weight excluding hydrogens is 247 g/mol. The molecule has 0 N–H and O–H groups in total. The van der Waals surface area contributed by atoms with Gasteiger partial charge in [0.05, 0.1) is 7.11 Å². The van der Waals surface area contributed by atoms with E-state index in [0.29, 0.717) is 11.4 Å². The summed E-state index contributed by atoms with van der Waals surface area (Å²) in [5.41, 5.74) is 0.363. The van der Waals surface area contributed by atoms with Crippen molar-refractivity contribution in [2.24, 2.45) is 0 Å². The summed E-state index contributed by atoms with van der Waals surface area (Å²) in [6.45, 7) is 2.74. The Kier molecular flexibility index (Phi) is 3.94. The van der Waals surface area contributed by atoms with Gasteiger partial charge in [0.25, 0.3) is 0 Å². The van der Waals surface area contributed by atoms with Crippen molar-refractivity contribution in [1.29, 1.82) is 0 Å². The smallest absolute Gasteiger partial charge is 0.228 e. The number of halogens is 1. The lowest BCUT2D eigenvalue weighted by Crippen LogP contribution is -2.11. The molecule has 1 aromatic heterocycles. The van der Waals surface area contributed by atoms with E-state index in [2.05, 4.69) is 4.98 Å². The van der Waals surface area contributed by atoms with E-state index < -0.39 is 5.82 Å². The van der Waals surface area contributed by atoms with Gasteiger partial charge in [0, 0.05) is 24.5 Å². The first-order chi connectivity index (χ1) is 9.17. The van der Waals surface area contributed by atoms with Crippen LogP contribution in [0.2, 0.25) is 0 Å². The Morgan fingerprint density at radius 2 is 2.26 bits per heavy atom. The summed E-state index contributed by atoms with van der Waals surface area (Å²) in [6.07, 6.45) is 4.25. The van der Waals surface area contributed by atoms with Crippen LogP contribution >= 0.6 is 0 Å². The molecule has 19 heavy (non-hydrogen) atoms. The van der Waals surface area contributed by atoms with E-state index in [9.17, 15) is 9.18 Å². The molecule has 1 heterocycles. The molecule has 0 saturated carbocycles. The number of rotatable bonds is 5. The largest absolute Gasteiger partial charge is 0.494 e. The number of hydrogen-bond acceptors (Lipinski definition) is 3. The molecule has 0 saturated heterocycles. The molecule has 0 aliphatic heterocycles. The maximum atomic E-state index is 13.3. The van der Waals surface area contributed by atoms with Gasteiger partial charge in [0.2, 0.25) is 5.78 Å². The lowest BCUT2D eigenvalue weighted by molar-refractivity contribution is 0.102. The normalized spacial score (nSPS) is 10.5. The van der Waals surface area contributed by atoms with Crippen molar-refractivity contribution >= 4 is 5.78 Å². The quantitative estimate of drug-likeness (QED) is 0.778. The molecule has 1 aromatic carbocycles. The highest BCUT2D eigenvalue weighted by atomic mass is 19.1. The molecule has 100 valence electrons. The minimum Gasteiger partial charge on any atom is -0.494 e. The fourth-order valence-electron chi connectivity index (χ4n) is 1.87. The summed E-state index contributed by atoms with van der Waals surface area (Å²) in [5, 5.41) is 0. The van der Waals surface area contributed by atoms with Crippen LogP contribution in [0, 0.1) is 5.82 Å². The van der Waals surface area contributed by atoms with Gasteiger partial charge in [-0.05, 0) is 24.6 Å². The van der Waals surface area contributed by atoms with Gasteiger partial charge in [-0.25, -0.2) is 9.37 Å². The van der Waals surface area contributed by atoms with Crippen LogP contribution in [-0.2, 0) is 6.54 Å². The van der Waals surface area contributed by atoms with Gasteiger partial charge in [0.15, 0.2) is 17.4 Å². The van der Waals surface area contributed by atoms with E-state index in [4.69, 9.17) is 4.74 Å². The number of carbonyl (C=O) groups excluding carboxylic acids is 1. The second kappa shape index (κ2) is 5.65. The number of benzene rings is 1. The predicted octanol–water partition coefficient (Wildman–Crippen LogP) is 2.67. The topological polar surface area (TPSA) is 44.1 Å². The Hall–Kier alpha value is -2.17. The number of ketones is 1. The fraction of sp³-hybridized carbons (Fsp3) is 0.286. The zero-order chi connectivity index (χ0) is 13.8. The number of nitrogens with zero attached hydrogens (tertiary/aromatic N) is 2. The Balaban J connectivity index is 2.36. The summed E-state index contributed by atoms with van der Waals surface area (Å²) >= 11 is 0. The maximum absolute atomic E-state index is 13.3. The molecular formula is C14H15FN2O2. The van der Waals surface area contributed by atoms with Crippen molar-refractivity contribution in [2.75, 3.05) is 7.11 Å². The zero-order valence-electron chi connectivity index (χ0n) is 10.9. The molecule has 0 aliphatic rings. The first-order valence-electron chi connectivity index (χ1n) is 6.06. The molecule has 4 nitrogen and oxygen atoms in total. The third kappa shape index (κ3) is 2.65. The van der Waals surface area contributed by atoms with Crippen LogP contribution < -0.4 is 4.74 Å². The molecule has 0 aliphatic carbocycles. The lowest BCUT2D eigenvalue weighted by Gasteiger charge is -2.07. The fourth-order valence-corrected chi connectivity index (χ4v) is 1.87. The summed E-state index contributed by atoms with van der Waals surface area (Å²) < 4.78 is 20.0. The van der Waals surface area contributed by atoms with E-state index in [0.717, 1.165) is 13.0 Å². The number of aromatic nitrogens is 2. The molecule has 0 spiro atoms. The average molecular weight is 262 g/mol. The molecule has 0 fully saturated rings. The van der Waals surface area contributed by atoms with E-state index in [1.807, 2.05) is 6.92 Å². The van der Waals surface area contributed by atoms with Gasteiger partial charge in [-0.3, -0.25) is 4.79 Å². The van der Waals surface area contributed by atoms with Gasteiger partial charge >= 0.3 is 0 Å². The third-order valence-corrected chi connectivity index (χ3v) is 2.80. The van der Waals surface area contributed by atoms with Crippen LogP contribution in [0.25, 0.3) is 0 Å². The van der Waals surface area contributed by atoms with Crippen molar-refractivity contribution in [3.63, 3.8) is 0 Å². The van der Waals surface area contributed by atoms with Crippen molar-refractivity contribution in [3.8, 4) is 5.75 Å². The lowest BCUT2D eigenvalue weighted by atomic mass is 10.1. The van der Waals surface area contributed by atoms with E-state index in [-0.39, 0.29) is 11.5 Å². The molecule has 0 radical (unpaired) electrons. The van der Waals surface area contributed by atoms with Crippen LogP contribution in [-0.4, -0.2) is 22.4 Å². The van der Waals surface area contributed by atoms with Crippen LogP contribution in [0.5, 0.6) is 5.75 Å². The van der Waals surface area contributed by atoms with E-state index in [1.54, 1.807) is 17.0 Å². The van der Waals surface area contributed by atoms with Crippen molar-refractivity contribution in [1.82, 2.24) is 9.55 Å². The summed E-state index contributed by atoms with van der Waals surface area (Å²) in [7, 11) is 1.37. The monoisotopic (exact) mass is 262 g/mol. The molecule has 0 bridgehead atoms. The van der Waals surface area contributed by atoms with E-state index in [1.165, 1.54) is 25.3 Å². The minimum absolute atomic E-state index is 0.0550. The van der Waals surface area contributed by atoms with Gasteiger partial charge in [0.1, 0.15) is 0 Å². The van der Waals surface area contributed by atoms with Gasteiger partial charge in [-0.15, -0.1) is 0 Å². The number of hydrogen-bond donors (Lipinski definition) is 0. The van der Waals surface area contributed by atoms with E-state index >= 15 is 0 Å². The van der Waals surface area contributed by atoms with Gasteiger partial charge < -0.3 is 9.30 Å². The highest BCUT2D eigenvalue weighted by Crippen LogP contribution is 2.20. The second-order valence-electron chi connectivity index (χ2n) is 4.12.